The molecule has 0 atom stereocenters. The summed E-state index contributed by atoms with van der Waals surface area (Å²) in [7, 11) is -0.792. The first-order valence-corrected chi connectivity index (χ1v) is 11.0. The van der Waals surface area contributed by atoms with Crippen LogP contribution in [0.5, 0.6) is 11.5 Å². The zero-order valence-electron chi connectivity index (χ0n) is 17.0. The lowest BCUT2D eigenvalue weighted by Gasteiger charge is -2.10. The van der Waals surface area contributed by atoms with Gasteiger partial charge < -0.3 is 9.47 Å². The molecule has 7 nitrogen and oxygen atoms in total. The van der Waals surface area contributed by atoms with Crippen molar-refractivity contribution in [3.05, 3.63) is 78.9 Å². The zero-order chi connectivity index (χ0) is 22.0. The van der Waals surface area contributed by atoms with E-state index < -0.39 is 10.0 Å². The predicted molar refractivity (Wildman–Crippen MR) is 119 cm³/mol. The Morgan fingerprint density at radius 3 is 2.19 bits per heavy atom. The number of rotatable bonds is 6. The van der Waals surface area contributed by atoms with Crippen LogP contribution in [0.3, 0.4) is 0 Å². The molecule has 0 radical (unpaired) electrons. The van der Waals surface area contributed by atoms with Gasteiger partial charge in [0, 0.05) is 11.1 Å². The maximum Gasteiger partial charge on any atom is 0.238 e. The second-order valence-corrected chi connectivity index (χ2v) is 8.30. The molecule has 0 spiro atoms. The second kappa shape index (κ2) is 8.25. The van der Waals surface area contributed by atoms with Crippen molar-refractivity contribution in [3.8, 4) is 39.7 Å². The number of benzene rings is 3. The SMILES string of the molecule is COc1ccc(-c2cc(-c3ccccc3S(N)(=O)=O)n(-c3ccccc3)n2)cc1OC. The summed E-state index contributed by atoms with van der Waals surface area (Å²) in [6.07, 6.45) is 0. The Kier molecular flexibility index (Phi) is 5.50. The average molecular weight is 436 g/mol. The van der Waals surface area contributed by atoms with Gasteiger partial charge in [-0.1, -0.05) is 36.4 Å². The minimum absolute atomic E-state index is 0.0333. The summed E-state index contributed by atoms with van der Waals surface area (Å²) in [4.78, 5) is 0.0333. The number of hydrogen-bond donors (Lipinski definition) is 1. The fourth-order valence-electron chi connectivity index (χ4n) is 3.40. The van der Waals surface area contributed by atoms with Crippen LogP contribution in [0.4, 0.5) is 0 Å². The van der Waals surface area contributed by atoms with Gasteiger partial charge in [-0.25, -0.2) is 18.2 Å². The van der Waals surface area contributed by atoms with Crippen molar-refractivity contribution in [1.29, 1.82) is 0 Å². The van der Waals surface area contributed by atoms with Crippen molar-refractivity contribution in [2.75, 3.05) is 14.2 Å². The highest BCUT2D eigenvalue weighted by molar-refractivity contribution is 7.89. The van der Waals surface area contributed by atoms with Crippen LogP contribution in [-0.2, 0) is 10.0 Å². The molecule has 8 heteroatoms. The van der Waals surface area contributed by atoms with E-state index >= 15 is 0 Å². The van der Waals surface area contributed by atoms with Gasteiger partial charge in [0.1, 0.15) is 0 Å². The Bertz CT molecular complexity index is 1330. The van der Waals surface area contributed by atoms with Gasteiger partial charge in [0.05, 0.1) is 36.2 Å². The lowest BCUT2D eigenvalue weighted by Crippen LogP contribution is -2.14. The number of sulfonamides is 1. The molecule has 4 rings (SSSR count). The van der Waals surface area contributed by atoms with Gasteiger partial charge in [-0.2, -0.15) is 5.10 Å². The Morgan fingerprint density at radius 2 is 1.52 bits per heavy atom. The first-order chi connectivity index (χ1) is 14.9. The van der Waals surface area contributed by atoms with Crippen LogP contribution < -0.4 is 14.6 Å². The Hall–Kier alpha value is -3.62. The van der Waals surface area contributed by atoms with E-state index in [1.807, 2.05) is 48.5 Å². The van der Waals surface area contributed by atoms with E-state index in [-0.39, 0.29) is 4.90 Å². The highest BCUT2D eigenvalue weighted by Crippen LogP contribution is 2.35. The number of ether oxygens (including phenoxy) is 2. The van der Waals surface area contributed by atoms with Crippen molar-refractivity contribution in [1.82, 2.24) is 9.78 Å². The highest BCUT2D eigenvalue weighted by atomic mass is 32.2. The van der Waals surface area contributed by atoms with Crippen LogP contribution in [0.1, 0.15) is 0 Å². The number of nitrogens with two attached hydrogens (primary N) is 1. The van der Waals surface area contributed by atoms with Gasteiger partial charge in [-0.15, -0.1) is 0 Å². The number of methoxy groups -OCH3 is 2. The van der Waals surface area contributed by atoms with Gasteiger partial charge >= 0.3 is 0 Å². The third-order valence-electron chi connectivity index (χ3n) is 4.86. The molecule has 3 aromatic carbocycles. The molecule has 1 heterocycles. The number of hydrogen-bond acceptors (Lipinski definition) is 5. The van der Waals surface area contributed by atoms with Crippen molar-refractivity contribution in [2.24, 2.45) is 5.14 Å². The molecule has 4 aromatic rings. The van der Waals surface area contributed by atoms with E-state index in [9.17, 15) is 8.42 Å². The van der Waals surface area contributed by atoms with Crippen LogP contribution in [0.2, 0.25) is 0 Å². The van der Waals surface area contributed by atoms with Crippen molar-refractivity contribution >= 4 is 10.0 Å². The molecule has 0 saturated heterocycles. The highest BCUT2D eigenvalue weighted by Gasteiger charge is 2.20. The van der Waals surface area contributed by atoms with Gasteiger partial charge in [0.15, 0.2) is 11.5 Å². The summed E-state index contributed by atoms with van der Waals surface area (Å²) in [6, 6.07) is 23.4. The second-order valence-electron chi connectivity index (χ2n) is 6.77. The molecule has 158 valence electrons. The molecule has 31 heavy (non-hydrogen) atoms. The summed E-state index contributed by atoms with van der Waals surface area (Å²) in [5.74, 6) is 1.18. The molecule has 0 amide bonds. The molecule has 1 aromatic heterocycles. The van der Waals surface area contributed by atoms with Crippen LogP contribution >= 0.6 is 0 Å². The van der Waals surface area contributed by atoms with Gasteiger partial charge in [-0.05, 0) is 42.5 Å². The normalized spacial score (nSPS) is 11.3. The van der Waals surface area contributed by atoms with Crippen molar-refractivity contribution < 1.29 is 17.9 Å². The van der Waals surface area contributed by atoms with E-state index in [0.29, 0.717) is 28.5 Å². The standard InChI is InChI=1S/C23H21N3O4S/c1-29-21-13-12-16(14-22(21)30-2)19-15-20(26(25-19)17-8-4-3-5-9-17)18-10-6-7-11-23(18)31(24,27)28/h3-15H,1-2H3,(H2,24,27,28). The van der Waals surface area contributed by atoms with Crippen LogP contribution in [0.15, 0.2) is 83.8 Å². The molecular weight excluding hydrogens is 414 g/mol. The quantitative estimate of drug-likeness (QED) is 0.496. The molecule has 0 aliphatic rings. The molecule has 0 fully saturated rings. The monoisotopic (exact) mass is 435 g/mol. The lowest BCUT2D eigenvalue weighted by molar-refractivity contribution is 0.355. The summed E-state index contributed by atoms with van der Waals surface area (Å²) in [5.41, 5.74) is 3.29. The molecule has 0 aliphatic heterocycles. The van der Waals surface area contributed by atoms with E-state index in [1.54, 1.807) is 43.2 Å². The average Bonchev–Trinajstić information content (AvgIpc) is 3.24. The zero-order valence-corrected chi connectivity index (χ0v) is 17.8. The molecule has 0 unspecified atom stereocenters. The summed E-state index contributed by atoms with van der Waals surface area (Å²) >= 11 is 0. The topological polar surface area (TPSA) is 96.4 Å². The number of nitrogens with zero attached hydrogens (tertiary/aromatic N) is 2. The van der Waals surface area contributed by atoms with E-state index in [4.69, 9.17) is 19.7 Å². The third-order valence-corrected chi connectivity index (χ3v) is 5.83. The van der Waals surface area contributed by atoms with Gasteiger partial charge in [0.25, 0.3) is 0 Å². The number of aromatic nitrogens is 2. The maximum atomic E-state index is 12.2. The first kappa shape index (κ1) is 20.6. The molecular formula is C23H21N3O4S. The van der Waals surface area contributed by atoms with Crippen LogP contribution in [-0.4, -0.2) is 32.4 Å². The Labute approximate surface area is 180 Å². The number of primary sulfonamides is 1. The molecule has 0 bridgehead atoms. The predicted octanol–water partition coefficient (Wildman–Crippen LogP) is 3.87. The number of para-hydroxylation sites is 1. The first-order valence-electron chi connectivity index (χ1n) is 9.42. The maximum absolute atomic E-state index is 12.2. The van der Waals surface area contributed by atoms with Crippen LogP contribution in [0.25, 0.3) is 28.2 Å². The van der Waals surface area contributed by atoms with Gasteiger partial charge in [0.2, 0.25) is 10.0 Å². The van der Waals surface area contributed by atoms with E-state index in [1.165, 1.54) is 6.07 Å². The van der Waals surface area contributed by atoms with Gasteiger partial charge in [-0.3, -0.25) is 0 Å². The Balaban J connectivity index is 1.96. The molecule has 0 saturated carbocycles. The fourth-order valence-corrected chi connectivity index (χ4v) is 4.15. The van der Waals surface area contributed by atoms with Crippen molar-refractivity contribution in [2.45, 2.75) is 4.90 Å². The van der Waals surface area contributed by atoms with Crippen molar-refractivity contribution in [3.63, 3.8) is 0 Å². The minimum atomic E-state index is -3.93. The smallest absolute Gasteiger partial charge is 0.238 e. The van der Waals surface area contributed by atoms with E-state index in [0.717, 1.165) is 11.3 Å². The largest absolute Gasteiger partial charge is 0.493 e. The summed E-state index contributed by atoms with van der Waals surface area (Å²) < 4.78 is 36.9. The molecule has 2 N–H and O–H groups in total. The third kappa shape index (κ3) is 4.03. The summed E-state index contributed by atoms with van der Waals surface area (Å²) in [6.45, 7) is 0. The minimum Gasteiger partial charge on any atom is -0.493 e. The fraction of sp³-hybridized carbons (Fsp3) is 0.0870. The lowest BCUT2D eigenvalue weighted by atomic mass is 10.1. The molecule has 0 aliphatic carbocycles. The van der Waals surface area contributed by atoms with Crippen LogP contribution in [0, 0.1) is 0 Å². The summed E-state index contributed by atoms with van der Waals surface area (Å²) in [5, 5.41) is 10.2. The Morgan fingerprint density at radius 1 is 0.839 bits per heavy atom. The van der Waals surface area contributed by atoms with E-state index in [2.05, 4.69) is 0 Å².